The van der Waals surface area contributed by atoms with Crippen LogP contribution in [0.3, 0.4) is 0 Å². The fraction of sp³-hybridized carbons (Fsp3) is 0.500. The maximum atomic E-state index is 12.3. The molecule has 0 saturated heterocycles. The summed E-state index contributed by atoms with van der Waals surface area (Å²) >= 11 is 0. The summed E-state index contributed by atoms with van der Waals surface area (Å²) in [6, 6.07) is 5.75. The molecule has 1 N–H and O–H groups in total. The van der Waals surface area contributed by atoms with E-state index in [9.17, 15) is 14.4 Å². The number of likely N-dealkylation sites (N-methyl/N-ethyl adjacent to an activating group) is 1. The number of aliphatic carboxylic acids is 1. The Kier molecular flexibility index (Phi) is 4.88. The van der Waals surface area contributed by atoms with Crippen LogP contribution < -0.4 is 0 Å². The van der Waals surface area contributed by atoms with Crippen LogP contribution in [0.4, 0.5) is 0 Å². The van der Waals surface area contributed by atoms with Crippen LogP contribution in [0.1, 0.15) is 54.6 Å². The summed E-state index contributed by atoms with van der Waals surface area (Å²) in [5.41, 5.74) is 1.89. The summed E-state index contributed by atoms with van der Waals surface area (Å²) in [4.78, 5) is 36.8. The van der Waals surface area contributed by atoms with Gasteiger partial charge in [0.1, 0.15) is 5.54 Å². The molecule has 1 aromatic rings. The molecule has 0 fully saturated rings. The Morgan fingerprint density at radius 3 is 2.43 bits per heavy atom. The molecule has 5 heteroatoms. The molecule has 1 aliphatic rings. The normalized spacial score (nSPS) is 13.5. The number of aryl methyl sites for hydroxylation is 2. The Balaban J connectivity index is 1.96. The first-order valence-corrected chi connectivity index (χ1v) is 7.88. The van der Waals surface area contributed by atoms with Crippen LogP contribution in [0, 0.1) is 0 Å². The Morgan fingerprint density at radius 2 is 1.78 bits per heavy atom. The second-order valence-corrected chi connectivity index (χ2v) is 6.58. The van der Waals surface area contributed by atoms with Gasteiger partial charge in [0.15, 0.2) is 5.78 Å². The number of amides is 1. The third-order valence-electron chi connectivity index (χ3n) is 4.72. The number of benzene rings is 1. The molecule has 1 aliphatic carbocycles. The quantitative estimate of drug-likeness (QED) is 0.818. The molecule has 5 nitrogen and oxygen atoms in total. The Hall–Kier alpha value is -2.17. The zero-order valence-corrected chi connectivity index (χ0v) is 13.9. The SMILES string of the molecule is CN(C(=O)CCC(=O)c1ccc2c(c1)CCC2)C(C)(C)C(=O)O. The predicted molar refractivity (Wildman–Crippen MR) is 86.5 cm³/mol. The van der Waals surface area contributed by atoms with Crippen molar-refractivity contribution in [2.75, 3.05) is 7.05 Å². The van der Waals surface area contributed by atoms with Gasteiger partial charge in [-0.15, -0.1) is 0 Å². The molecule has 0 heterocycles. The zero-order valence-electron chi connectivity index (χ0n) is 13.9. The van der Waals surface area contributed by atoms with Crippen LogP contribution >= 0.6 is 0 Å². The molecule has 0 atom stereocenters. The molecule has 23 heavy (non-hydrogen) atoms. The number of hydrogen-bond acceptors (Lipinski definition) is 3. The van der Waals surface area contributed by atoms with Gasteiger partial charge in [-0.05, 0) is 50.3 Å². The number of carboxylic acid groups (broad SMARTS) is 1. The van der Waals surface area contributed by atoms with Crippen LogP contribution in [-0.2, 0) is 22.4 Å². The van der Waals surface area contributed by atoms with Gasteiger partial charge in [-0.1, -0.05) is 12.1 Å². The van der Waals surface area contributed by atoms with Crippen molar-refractivity contribution in [1.82, 2.24) is 4.90 Å². The minimum absolute atomic E-state index is 0.0170. The highest BCUT2D eigenvalue weighted by Gasteiger charge is 2.35. The molecule has 0 spiro atoms. The smallest absolute Gasteiger partial charge is 0.329 e. The monoisotopic (exact) mass is 317 g/mol. The minimum atomic E-state index is -1.28. The van der Waals surface area contributed by atoms with E-state index in [-0.39, 0.29) is 24.5 Å². The van der Waals surface area contributed by atoms with Gasteiger partial charge in [-0.25, -0.2) is 4.79 Å². The molecule has 0 bridgehead atoms. The number of rotatable bonds is 6. The molecule has 1 amide bonds. The third-order valence-corrected chi connectivity index (χ3v) is 4.72. The fourth-order valence-corrected chi connectivity index (χ4v) is 2.73. The predicted octanol–water partition coefficient (Wildman–Crippen LogP) is 2.46. The van der Waals surface area contributed by atoms with Crippen LogP contribution in [0.25, 0.3) is 0 Å². The van der Waals surface area contributed by atoms with E-state index < -0.39 is 11.5 Å². The Morgan fingerprint density at radius 1 is 1.13 bits per heavy atom. The van der Waals surface area contributed by atoms with Crippen LogP contribution in [0.5, 0.6) is 0 Å². The number of ketones is 1. The summed E-state index contributed by atoms with van der Waals surface area (Å²) in [6.07, 6.45) is 3.31. The number of carbonyl (C=O) groups is 3. The van der Waals surface area contributed by atoms with E-state index in [0.717, 1.165) is 19.3 Å². The number of Topliss-reactive ketones (excluding diaryl/α,β-unsaturated/α-hetero) is 1. The van der Waals surface area contributed by atoms with Crippen LogP contribution in [0.15, 0.2) is 18.2 Å². The van der Waals surface area contributed by atoms with Gasteiger partial charge in [0.05, 0.1) is 0 Å². The van der Waals surface area contributed by atoms with E-state index in [4.69, 9.17) is 5.11 Å². The average Bonchev–Trinajstić information content (AvgIpc) is 2.98. The van der Waals surface area contributed by atoms with E-state index >= 15 is 0 Å². The number of carbonyl (C=O) groups excluding carboxylic acids is 2. The largest absolute Gasteiger partial charge is 0.480 e. The highest BCUT2D eigenvalue weighted by Crippen LogP contribution is 2.23. The standard InChI is InChI=1S/C18H23NO4/c1-18(2,17(22)23)19(3)16(21)10-9-15(20)14-8-7-12-5-4-6-13(12)11-14/h7-8,11H,4-6,9-10H2,1-3H3,(H,22,23). The lowest BCUT2D eigenvalue weighted by Crippen LogP contribution is -2.50. The van der Waals surface area contributed by atoms with Crippen LogP contribution in [0.2, 0.25) is 0 Å². The van der Waals surface area contributed by atoms with E-state index in [1.165, 1.54) is 36.9 Å². The molecule has 0 saturated carbocycles. The van der Waals surface area contributed by atoms with E-state index in [2.05, 4.69) is 0 Å². The second-order valence-electron chi connectivity index (χ2n) is 6.58. The summed E-state index contributed by atoms with van der Waals surface area (Å²) in [6.45, 7) is 2.94. The molecular formula is C18H23NO4. The third kappa shape index (κ3) is 3.60. The first kappa shape index (κ1) is 17.2. The number of hydrogen-bond donors (Lipinski definition) is 1. The highest BCUT2D eigenvalue weighted by atomic mass is 16.4. The van der Waals surface area contributed by atoms with Gasteiger partial charge in [0, 0.05) is 25.5 Å². The van der Waals surface area contributed by atoms with Crippen molar-refractivity contribution in [3.8, 4) is 0 Å². The first-order valence-electron chi connectivity index (χ1n) is 7.88. The van der Waals surface area contributed by atoms with Crippen molar-refractivity contribution in [2.24, 2.45) is 0 Å². The number of carboxylic acids is 1. The topological polar surface area (TPSA) is 74.7 Å². The lowest BCUT2D eigenvalue weighted by atomic mass is 10.00. The first-order chi connectivity index (χ1) is 10.7. The number of nitrogens with zero attached hydrogens (tertiary/aromatic N) is 1. The molecule has 1 aromatic carbocycles. The lowest BCUT2D eigenvalue weighted by Gasteiger charge is -2.31. The van der Waals surface area contributed by atoms with Gasteiger partial charge in [0.2, 0.25) is 5.91 Å². The van der Waals surface area contributed by atoms with Gasteiger partial charge in [-0.2, -0.15) is 0 Å². The molecule has 2 rings (SSSR count). The van der Waals surface area contributed by atoms with E-state index in [0.29, 0.717) is 5.56 Å². The van der Waals surface area contributed by atoms with E-state index in [1.807, 2.05) is 18.2 Å². The Labute approximate surface area is 136 Å². The zero-order chi connectivity index (χ0) is 17.2. The minimum Gasteiger partial charge on any atom is -0.480 e. The molecule has 0 radical (unpaired) electrons. The molecular weight excluding hydrogens is 294 g/mol. The van der Waals surface area contributed by atoms with Crippen molar-refractivity contribution >= 4 is 17.7 Å². The summed E-state index contributed by atoms with van der Waals surface area (Å²) < 4.78 is 0. The second kappa shape index (κ2) is 6.52. The van der Waals surface area contributed by atoms with Gasteiger partial charge in [0.25, 0.3) is 0 Å². The van der Waals surface area contributed by atoms with Gasteiger partial charge in [-0.3, -0.25) is 9.59 Å². The van der Waals surface area contributed by atoms with Crippen molar-refractivity contribution in [2.45, 2.75) is 51.5 Å². The fourth-order valence-electron chi connectivity index (χ4n) is 2.73. The molecule has 0 aliphatic heterocycles. The number of fused-ring (bicyclic) bond motifs is 1. The maximum Gasteiger partial charge on any atom is 0.329 e. The van der Waals surface area contributed by atoms with Gasteiger partial charge >= 0.3 is 5.97 Å². The van der Waals surface area contributed by atoms with E-state index in [1.54, 1.807) is 0 Å². The van der Waals surface area contributed by atoms with Gasteiger partial charge < -0.3 is 10.0 Å². The molecule has 124 valence electrons. The summed E-state index contributed by atoms with van der Waals surface area (Å²) in [7, 11) is 1.45. The summed E-state index contributed by atoms with van der Waals surface area (Å²) in [5, 5.41) is 9.14. The van der Waals surface area contributed by atoms with Crippen molar-refractivity contribution in [1.29, 1.82) is 0 Å². The molecule has 0 aromatic heterocycles. The van der Waals surface area contributed by atoms with Crippen molar-refractivity contribution in [3.05, 3.63) is 34.9 Å². The van der Waals surface area contributed by atoms with Crippen molar-refractivity contribution < 1.29 is 19.5 Å². The lowest BCUT2D eigenvalue weighted by molar-refractivity contribution is -0.155. The Bertz CT molecular complexity index is 648. The average molecular weight is 317 g/mol. The molecule has 0 unspecified atom stereocenters. The van der Waals surface area contributed by atoms with Crippen molar-refractivity contribution in [3.63, 3.8) is 0 Å². The highest BCUT2D eigenvalue weighted by molar-refractivity contribution is 5.98. The maximum absolute atomic E-state index is 12.3. The summed E-state index contributed by atoms with van der Waals surface area (Å²) in [5.74, 6) is -1.49. The van der Waals surface area contributed by atoms with Crippen LogP contribution in [-0.4, -0.2) is 40.3 Å².